The van der Waals surface area contributed by atoms with Gasteiger partial charge >= 0.3 is 0 Å². The number of carbonyl (C=O) groups is 1. The van der Waals surface area contributed by atoms with E-state index in [2.05, 4.69) is 32.7 Å². The molecule has 4 rings (SSSR count). The number of anilines is 1. The molecule has 0 saturated carbocycles. The van der Waals surface area contributed by atoms with E-state index in [0.717, 1.165) is 33.1 Å². The smallest absolute Gasteiger partial charge is 0.221 e. The minimum atomic E-state index is -0.0441. The van der Waals surface area contributed by atoms with Crippen molar-refractivity contribution in [2.45, 2.75) is 26.6 Å². The van der Waals surface area contributed by atoms with Crippen LogP contribution in [0.2, 0.25) is 5.02 Å². The third-order valence-electron chi connectivity index (χ3n) is 5.35. The third kappa shape index (κ3) is 4.84. The SMILES string of the molecule is COc1nc(CNCCNC(C)=O)nc2c1CN(c1cccc(-c3ccccc3)c1Cl)C2. The molecule has 166 valence electrons. The number of fused-ring (bicyclic) bond motifs is 1. The first-order valence-electron chi connectivity index (χ1n) is 10.5. The lowest BCUT2D eigenvalue weighted by Crippen LogP contribution is -2.30. The quantitative estimate of drug-likeness (QED) is 0.510. The molecule has 32 heavy (non-hydrogen) atoms. The van der Waals surface area contributed by atoms with E-state index in [4.69, 9.17) is 21.3 Å². The normalized spacial score (nSPS) is 12.5. The molecule has 0 radical (unpaired) electrons. The summed E-state index contributed by atoms with van der Waals surface area (Å²) in [5.74, 6) is 1.21. The van der Waals surface area contributed by atoms with E-state index in [0.29, 0.717) is 44.4 Å². The van der Waals surface area contributed by atoms with Crippen molar-refractivity contribution >= 4 is 23.2 Å². The fourth-order valence-corrected chi connectivity index (χ4v) is 4.18. The van der Waals surface area contributed by atoms with Crippen LogP contribution in [0.25, 0.3) is 11.1 Å². The first-order valence-corrected chi connectivity index (χ1v) is 10.9. The molecule has 0 saturated heterocycles. The molecule has 1 aromatic heterocycles. The average Bonchev–Trinajstić information content (AvgIpc) is 3.22. The number of hydrogen-bond donors (Lipinski definition) is 2. The van der Waals surface area contributed by atoms with E-state index >= 15 is 0 Å². The molecule has 1 aliphatic heterocycles. The molecule has 0 bridgehead atoms. The summed E-state index contributed by atoms with van der Waals surface area (Å²) in [6, 6.07) is 16.2. The Kier molecular flexibility index (Phi) is 6.87. The lowest BCUT2D eigenvalue weighted by molar-refractivity contribution is -0.118. The molecule has 0 spiro atoms. The van der Waals surface area contributed by atoms with Gasteiger partial charge in [-0.15, -0.1) is 0 Å². The van der Waals surface area contributed by atoms with Crippen molar-refractivity contribution in [2.24, 2.45) is 0 Å². The van der Waals surface area contributed by atoms with Crippen LogP contribution >= 0.6 is 11.6 Å². The number of rotatable bonds is 8. The molecule has 0 atom stereocenters. The third-order valence-corrected chi connectivity index (χ3v) is 5.74. The van der Waals surface area contributed by atoms with Crippen molar-refractivity contribution in [2.75, 3.05) is 25.1 Å². The van der Waals surface area contributed by atoms with Gasteiger partial charge in [0.15, 0.2) is 0 Å². The maximum Gasteiger partial charge on any atom is 0.221 e. The average molecular weight is 452 g/mol. The number of methoxy groups -OCH3 is 1. The number of amides is 1. The number of benzene rings is 2. The van der Waals surface area contributed by atoms with Crippen LogP contribution in [0.4, 0.5) is 5.69 Å². The number of nitrogens with zero attached hydrogens (tertiary/aromatic N) is 3. The molecule has 0 fully saturated rings. The van der Waals surface area contributed by atoms with E-state index in [1.165, 1.54) is 6.92 Å². The predicted molar refractivity (Wildman–Crippen MR) is 126 cm³/mol. The molecule has 1 aliphatic rings. The van der Waals surface area contributed by atoms with Gasteiger partial charge in [0.2, 0.25) is 11.8 Å². The van der Waals surface area contributed by atoms with Gasteiger partial charge in [-0.3, -0.25) is 4.79 Å². The van der Waals surface area contributed by atoms with Gasteiger partial charge < -0.3 is 20.3 Å². The van der Waals surface area contributed by atoms with E-state index in [-0.39, 0.29) is 5.91 Å². The minimum Gasteiger partial charge on any atom is -0.481 e. The Morgan fingerprint density at radius 3 is 2.66 bits per heavy atom. The number of nitrogens with one attached hydrogen (secondary N) is 2. The number of halogens is 1. The van der Waals surface area contributed by atoms with Gasteiger partial charge in [-0.1, -0.05) is 54.1 Å². The summed E-state index contributed by atoms with van der Waals surface area (Å²) in [6.45, 7) is 4.45. The van der Waals surface area contributed by atoms with Gasteiger partial charge in [-0.2, -0.15) is 4.98 Å². The summed E-state index contributed by atoms with van der Waals surface area (Å²) in [5, 5.41) is 6.72. The zero-order valence-corrected chi connectivity index (χ0v) is 18.9. The van der Waals surface area contributed by atoms with Crippen LogP contribution in [0.1, 0.15) is 24.0 Å². The van der Waals surface area contributed by atoms with Crippen LogP contribution < -0.4 is 20.3 Å². The van der Waals surface area contributed by atoms with Gasteiger partial charge in [0.05, 0.1) is 48.7 Å². The largest absolute Gasteiger partial charge is 0.481 e. The highest BCUT2D eigenvalue weighted by atomic mass is 35.5. The molecular weight excluding hydrogens is 426 g/mol. The molecule has 7 nitrogen and oxygen atoms in total. The van der Waals surface area contributed by atoms with Crippen molar-refractivity contribution in [1.82, 2.24) is 20.6 Å². The zero-order chi connectivity index (χ0) is 22.5. The van der Waals surface area contributed by atoms with Gasteiger partial charge in [-0.05, 0) is 11.6 Å². The number of ether oxygens (including phenoxy) is 1. The Hall–Kier alpha value is -3.16. The molecule has 0 unspecified atom stereocenters. The van der Waals surface area contributed by atoms with Crippen LogP contribution in [-0.2, 0) is 24.4 Å². The number of hydrogen-bond acceptors (Lipinski definition) is 6. The predicted octanol–water partition coefficient (Wildman–Crippen LogP) is 3.55. The Labute approximate surface area is 192 Å². The van der Waals surface area contributed by atoms with Crippen LogP contribution in [0.3, 0.4) is 0 Å². The molecule has 1 amide bonds. The van der Waals surface area contributed by atoms with Crippen molar-refractivity contribution in [3.05, 3.63) is 70.6 Å². The fraction of sp³-hybridized carbons (Fsp3) is 0.292. The van der Waals surface area contributed by atoms with Gasteiger partial charge in [0.25, 0.3) is 0 Å². The maximum atomic E-state index is 11.0. The molecule has 3 aromatic rings. The summed E-state index contributed by atoms with van der Waals surface area (Å²) in [4.78, 5) is 22.5. The van der Waals surface area contributed by atoms with Gasteiger partial charge in [-0.25, -0.2) is 4.98 Å². The molecular formula is C24H26ClN5O2. The van der Waals surface area contributed by atoms with Crippen molar-refractivity contribution < 1.29 is 9.53 Å². The molecule has 2 aromatic carbocycles. The van der Waals surface area contributed by atoms with Gasteiger partial charge in [0, 0.05) is 25.6 Å². The lowest BCUT2D eigenvalue weighted by Gasteiger charge is -2.20. The first-order chi connectivity index (χ1) is 15.6. The minimum absolute atomic E-state index is 0.0441. The topological polar surface area (TPSA) is 79.4 Å². The zero-order valence-electron chi connectivity index (χ0n) is 18.2. The van der Waals surface area contributed by atoms with E-state index < -0.39 is 0 Å². The second kappa shape index (κ2) is 9.97. The lowest BCUT2D eigenvalue weighted by atomic mass is 10.0. The van der Waals surface area contributed by atoms with Crippen LogP contribution in [-0.4, -0.2) is 36.1 Å². The molecule has 8 heteroatoms. The number of aromatic nitrogens is 2. The van der Waals surface area contributed by atoms with Crippen LogP contribution in [0, 0.1) is 0 Å². The van der Waals surface area contributed by atoms with Gasteiger partial charge in [0.1, 0.15) is 5.82 Å². The number of carbonyl (C=O) groups excluding carboxylic acids is 1. The Morgan fingerprint density at radius 1 is 1.09 bits per heavy atom. The highest BCUT2D eigenvalue weighted by Gasteiger charge is 2.27. The monoisotopic (exact) mass is 451 g/mol. The van der Waals surface area contributed by atoms with Crippen molar-refractivity contribution in [3.63, 3.8) is 0 Å². The highest BCUT2D eigenvalue weighted by Crippen LogP contribution is 2.40. The van der Waals surface area contributed by atoms with Crippen LogP contribution in [0.15, 0.2) is 48.5 Å². The fourth-order valence-electron chi connectivity index (χ4n) is 3.82. The highest BCUT2D eigenvalue weighted by molar-refractivity contribution is 6.36. The summed E-state index contributed by atoms with van der Waals surface area (Å²) < 4.78 is 5.57. The second-order valence-corrected chi connectivity index (χ2v) is 7.97. The second-order valence-electron chi connectivity index (χ2n) is 7.59. The van der Waals surface area contributed by atoms with Crippen LogP contribution in [0.5, 0.6) is 5.88 Å². The summed E-state index contributed by atoms with van der Waals surface area (Å²) in [6.07, 6.45) is 0. The summed E-state index contributed by atoms with van der Waals surface area (Å²) in [7, 11) is 1.63. The summed E-state index contributed by atoms with van der Waals surface area (Å²) >= 11 is 6.84. The Bertz CT molecular complexity index is 1110. The molecule has 2 N–H and O–H groups in total. The first kappa shape index (κ1) is 22.0. The molecule has 2 heterocycles. The summed E-state index contributed by atoms with van der Waals surface area (Å²) in [5.41, 5.74) is 4.97. The Morgan fingerprint density at radius 2 is 1.91 bits per heavy atom. The molecule has 0 aliphatic carbocycles. The maximum absolute atomic E-state index is 11.0. The standard InChI is InChI=1S/C24H26ClN5O2/c1-16(31)27-12-11-26-13-22-28-20-15-30(14-19(20)24(29-22)32-2)21-10-6-9-18(23(21)25)17-7-4-3-5-8-17/h3-10,26H,11-15H2,1-2H3,(H,27,31). The van der Waals surface area contributed by atoms with E-state index in [1.807, 2.05) is 36.4 Å². The van der Waals surface area contributed by atoms with Crippen molar-refractivity contribution in [1.29, 1.82) is 0 Å². The van der Waals surface area contributed by atoms with Crippen molar-refractivity contribution in [3.8, 4) is 17.0 Å². The van der Waals surface area contributed by atoms with E-state index in [1.54, 1.807) is 7.11 Å². The van der Waals surface area contributed by atoms with E-state index in [9.17, 15) is 4.79 Å². The Balaban J connectivity index is 1.52.